The smallest absolute Gasteiger partial charge is 0.368 e. The molecule has 1 saturated heterocycles. The second-order valence-corrected chi connectivity index (χ2v) is 7.60. The molecule has 3 aromatic rings. The van der Waals surface area contributed by atoms with Gasteiger partial charge in [0.2, 0.25) is 5.95 Å². The Bertz CT molecular complexity index is 1150. The van der Waals surface area contributed by atoms with Crippen LogP contribution in [0.15, 0.2) is 42.7 Å². The molecule has 0 unspecified atom stereocenters. The van der Waals surface area contributed by atoms with Crippen molar-refractivity contribution >= 4 is 23.2 Å². The van der Waals surface area contributed by atoms with Crippen molar-refractivity contribution in [2.75, 3.05) is 36.4 Å². The number of rotatable bonds is 4. The van der Waals surface area contributed by atoms with Crippen LogP contribution in [0.1, 0.15) is 5.56 Å². The summed E-state index contributed by atoms with van der Waals surface area (Å²) in [5, 5.41) is 7.20. The number of piperazine rings is 1. The standard InChI is InChI=1S/C21H19F5N6O/c1-13-6-16(28-20-27-12-32(29-20)18-9-14(22)8-15(23)10-18)11-17(7-13)30-2-4-31(5-3-30)19(33)21(24,25)26/h6-12H,2-5H2,1H3,(H,28,29). The van der Waals surface area contributed by atoms with Crippen LogP contribution in [0.2, 0.25) is 0 Å². The van der Waals surface area contributed by atoms with Crippen LogP contribution in [-0.4, -0.2) is 57.9 Å². The summed E-state index contributed by atoms with van der Waals surface area (Å²) in [5.74, 6) is -3.11. The van der Waals surface area contributed by atoms with Gasteiger partial charge in [-0.2, -0.15) is 18.2 Å². The highest BCUT2D eigenvalue weighted by Gasteiger charge is 2.43. The number of nitrogens with one attached hydrogen (secondary N) is 1. The Kier molecular flexibility index (Phi) is 5.91. The van der Waals surface area contributed by atoms with Gasteiger partial charge in [-0.25, -0.2) is 13.5 Å². The lowest BCUT2D eigenvalue weighted by Crippen LogP contribution is -2.52. The first-order chi connectivity index (χ1) is 15.6. The number of benzene rings is 2. The molecule has 1 aliphatic heterocycles. The van der Waals surface area contributed by atoms with Gasteiger partial charge in [0.1, 0.15) is 18.0 Å². The van der Waals surface area contributed by atoms with E-state index in [1.165, 1.54) is 11.0 Å². The summed E-state index contributed by atoms with van der Waals surface area (Å²) in [6.45, 7) is 2.29. The summed E-state index contributed by atoms with van der Waals surface area (Å²) in [5.41, 5.74) is 2.45. The number of halogens is 5. The predicted octanol–water partition coefficient (Wildman–Crippen LogP) is 3.81. The predicted molar refractivity (Wildman–Crippen MR) is 111 cm³/mol. The van der Waals surface area contributed by atoms with Crippen LogP contribution in [0.5, 0.6) is 0 Å². The molecule has 12 heteroatoms. The molecule has 1 N–H and O–H groups in total. The molecule has 1 aromatic heterocycles. The fraction of sp³-hybridized carbons (Fsp3) is 0.286. The zero-order valence-electron chi connectivity index (χ0n) is 17.4. The average molecular weight is 466 g/mol. The molecule has 2 aromatic carbocycles. The highest BCUT2D eigenvalue weighted by atomic mass is 19.4. The van der Waals surface area contributed by atoms with E-state index in [0.717, 1.165) is 34.3 Å². The maximum atomic E-state index is 13.5. The monoisotopic (exact) mass is 466 g/mol. The third-order valence-electron chi connectivity index (χ3n) is 5.10. The molecule has 1 fully saturated rings. The zero-order valence-corrected chi connectivity index (χ0v) is 17.4. The van der Waals surface area contributed by atoms with E-state index in [2.05, 4.69) is 15.4 Å². The van der Waals surface area contributed by atoms with E-state index in [1.807, 2.05) is 24.0 Å². The van der Waals surface area contributed by atoms with Crippen molar-refractivity contribution in [2.24, 2.45) is 0 Å². The van der Waals surface area contributed by atoms with E-state index in [9.17, 15) is 26.7 Å². The fourth-order valence-electron chi connectivity index (χ4n) is 3.61. The SMILES string of the molecule is Cc1cc(Nc2ncn(-c3cc(F)cc(F)c3)n2)cc(N2CCN(C(=O)C(F)(F)F)CC2)c1. The Labute approximate surface area is 185 Å². The Morgan fingerprint density at radius 1 is 0.939 bits per heavy atom. The van der Waals surface area contributed by atoms with E-state index < -0.39 is 23.7 Å². The second kappa shape index (κ2) is 8.68. The van der Waals surface area contributed by atoms with Crippen molar-refractivity contribution in [3.63, 3.8) is 0 Å². The summed E-state index contributed by atoms with van der Waals surface area (Å²) < 4.78 is 66.1. The minimum absolute atomic E-state index is 0.0365. The van der Waals surface area contributed by atoms with Gasteiger partial charge in [0.15, 0.2) is 0 Å². The van der Waals surface area contributed by atoms with Crippen LogP contribution in [-0.2, 0) is 4.79 Å². The largest absolute Gasteiger partial charge is 0.471 e. The van der Waals surface area contributed by atoms with E-state index in [0.29, 0.717) is 5.69 Å². The zero-order chi connectivity index (χ0) is 23.8. The molecule has 174 valence electrons. The topological polar surface area (TPSA) is 66.3 Å². The van der Waals surface area contributed by atoms with Gasteiger partial charge >= 0.3 is 12.1 Å². The van der Waals surface area contributed by atoms with Gasteiger partial charge < -0.3 is 15.1 Å². The number of alkyl halides is 3. The first kappa shape index (κ1) is 22.5. The number of aromatic nitrogens is 3. The third kappa shape index (κ3) is 5.21. The molecule has 7 nitrogen and oxygen atoms in total. The van der Waals surface area contributed by atoms with Crippen molar-refractivity contribution < 1.29 is 26.7 Å². The number of aryl methyl sites for hydroxylation is 1. The van der Waals surface area contributed by atoms with Gasteiger partial charge in [-0.05, 0) is 42.8 Å². The summed E-state index contributed by atoms with van der Waals surface area (Å²) in [6.07, 6.45) is -3.57. The maximum Gasteiger partial charge on any atom is 0.471 e. The van der Waals surface area contributed by atoms with Crippen molar-refractivity contribution in [3.05, 3.63) is 59.9 Å². The fourth-order valence-corrected chi connectivity index (χ4v) is 3.61. The first-order valence-corrected chi connectivity index (χ1v) is 9.96. The molecular weight excluding hydrogens is 447 g/mol. The number of carbonyl (C=O) groups is 1. The quantitative estimate of drug-likeness (QED) is 0.593. The van der Waals surface area contributed by atoms with Crippen molar-refractivity contribution in [1.82, 2.24) is 19.7 Å². The van der Waals surface area contributed by atoms with Crippen molar-refractivity contribution in [3.8, 4) is 5.69 Å². The minimum Gasteiger partial charge on any atom is -0.368 e. The molecule has 0 atom stereocenters. The van der Waals surface area contributed by atoms with Gasteiger partial charge in [0.05, 0.1) is 5.69 Å². The van der Waals surface area contributed by atoms with E-state index in [-0.39, 0.29) is 37.8 Å². The van der Waals surface area contributed by atoms with Gasteiger partial charge in [-0.1, -0.05) is 0 Å². The normalized spacial score (nSPS) is 14.5. The molecular formula is C21H19F5N6O. The highest BCUT2D eigenvalue weighted by Crippen LogP contribution is 2.26. The average Bonchev–Trinajstić information content (AvgIpc) is 3.20. The number of hydrogen-bond acceptors (Lipinski definition) is 5. The van der Waals surface area contributed by atoms with Crippen LogP contribution in [0.4, 0.5) is 39.3 Å². The number of carbonyl (C=O) groups excluding carboxylic acids is 1. The van der Waals surface area contributed by atoms with Crippen LogP contribution in [0, 0.1) is 18.6 Å². The molecule has 0 aliphatic carbocycles. The lowest BCUT2D eigenvalue weighted by Gasteiger charge is -2.36. The first-order valence-electron chi connectivity index (χ1n) is 9.96. The van der Waals surface area contributed by atoms with Crippen LogP contribution in [0.3, 0.4) is 0 Å². The summed E-state index contributed by atoms with van der Waals surface area (Å²) in [7, 11) is 0. The molecule has 1 aliphatic rings. The van der Waals surface area contributed by atoms with E-state index >= 15 is 0 Å². The van der Waals surface area contributed by atoms with Gasteiger partial charge in [-0.15, -0.1) is 5.10 Å². The van der Waals surface area contributed by atoms with Crippen molar-refractivity contribution in [1.29, 1.82) is 0 Å². The molecule has 2 heterocycles. The van der Waals surface area contributed by atoms with E-state index in [1.54, 1.807) is 6.07 Å². The Balaban J connectivity index is 1.46. The molecule has 0 radical (unpaired) electrons. The van der Waals surface area contributed by atoms with Crippen LogP contribution >= 0.6 is 0 Å². The molecule has 1 amide bonds. The summed E-state index contributed by atoms with van der Waals surface area (Å²) >= 11 is 0. The van der Waals surface area contributed by atoms with Gasteiger partial charge in [0.25, 0.3) is 0 Å². The Hall–Kier alpha value is -3.70. The molecule has 4 rings (SSSR count). The summed E-state index contributed by atoms with van der Waals surface area (Å²) in [6, 6.07) is 8.50. The minimum atomic E-state index is -4.88. The maximum absolute atomic E-state index is 13.5. The molecule has 0 bridgehead atoms. The highest BCUT2D eigenvalue weighted by molar-refractivity contribution is 5.82. The lowest BCUT2D eigenvalue weighted by molar-refractivity contribution is -0.185. The van der Waals surface area contributed by atoms with Gasteiger partial charge in [-0.3, -0.25) is 4.79 Å². The molecule has 33 heavy (non-hydrogen) atoms. The number of anilines is 3. The number of amides is 1. The molecule has 0 saturated carbocycles. The summed E-state index contributed by atoms with van der Waals surface area (Å²) in [4.78, 5) is 18.2. The Morgan fingerprint density at radius 2 is 1.61 bits per heavy atom. The third-order valence-corrected chi connectivity index (χ3v) is 5.10. The van der Waals surface area contributed by atoms with Crippen LogP contribution in [0.25, 0.3) is 5.69 Å². The van der Waals surface area contributed by atoms with Crippen molar-refractivity contribution in [2.45, 2.75) is 13.1 Å². The molecule has 0 spiro atoms. The Morgan fingerprint density at radius 3 is 2.24 bits per heavy atom. The van der Waals surface area contributed by atoms with Crippen LogP contribution < -0.4 is 10.2 Å². The second-order valence-electron chi connectivity index (χ2n) is 7.60. The number of hydrogen-bond donors (Lipinski definition) is 1. The van der Waals surface area contributed by atoms with E-state index in [4.69, 9.17) is 0 Å². The van der Waals surface area contributed by atoms with Gasteiger partial charge in [0, 0.05) is 43.6 Å². The number of nitrogens with zero attached hydrogens (tertiary/aromatic N) is 5. The lowest BCUT2D eigenvalue weighted by atomic mass is 10.1.